The summed E-state index contributed by atoms with van der Waals surface area (Å²) >= 11 is 0. The molecule has 0 saturated heterocycles. The van der Waals surface area contributed by atoms with Crippen molar-refractivity contribution in [3.63, 3.8) is 0 Å². The van der Waals surface area contributed by atoms with Gasteiger partial charge in [0, 0.05) is 24.2 Å². The predicted molar refractivity (Wildman–Crippen MR) is 95.3 cm³/mol. The van der Waals surface area contributed by atoms with E-state index in [1.165, 1.54) is 0 Å². The standard InChI is InChI=1S/C19H18N4O2/c1-12(17-10-14-6-4-5-7-16(14)24-17)23(3)18-11-15(8-9-20-18)19-21-13(2)22-25-19/h4-12H,1-3H3. The number of pyridine rings is 1. The van der Waals surface area contributed by atoms with Crippen molar-refractivity contribution in [1.29, 1.82) is 0 Å². The number of hydrogen-bond acceptors (Lipinski definition) is 6. The number of aromatic nitrogens is 3. The third-order valence-electron chi connectivity index (χ3n) is 4.32. The lowest BCUT2D eigenvalue weighted by Gasteiger charge is -2.24. The second-order valence-corrected chi connectivity index (χ2v) is 6.02. The van der Waals surface area contributed by atoms with Gasteiger partial charge in [0.1, 0.15) is 17.2 Å². The topological polar surface area (TPSA) is 68.2 Å². The Morgan fingerprint density at radius 2 is 1.96 bits per heavy atom. The number of rotatable bonds is 4. The van der Waals surface area contributed by atoms with Gasteiger partial charge < -0.3 is 13.8 Å². The molecule has 0 radical (unpaired) electrons. The third-order valence-corrected chi connectivity index (χ3v) is 4.32. The molecule has 4 rings (SSSR count). The number of hydrogen-bond donors (Lipinski definition) is 0. The van der Waals surface area contributed by atoms with E-state index < -0.39 is 0 Å². The lowest BCUT2D eigenvalue weighted by atomic mass is 10.2. The highest BCUT2D eigenvalue weighted by Crippen LogP contribution is 2.30. The third kappa shape index (κ3) is 2.87. The molecule has 6 nitrogen and oxygen atoms in total. The number of fused-ring (bicyclic) bond motifs is 1. The van der Waals surface area contributed by atoms with Crippen LogP contribution in [0, 0.1) is 6.92 Å². The van der Waals surface area contributed by atoms with Crippen molar-refractivity contribution in [3.8, 4) is 11.5 Å². The Hall–Kier alpha value is -3.15. The Bertz CT molecular complexity index is 988. The van der Waals surface area contributed by atoms with Gasteiger partial charge in [0.05, 0.1) is 6.04 Å². The van der Waals surface area contributed by atoms with Crippen LogP contribution in [0.5, 0.6) is 0 Å². The van der Waals surface area contributed by atoms with Crippen molar-refractivity contribution < 1.29 is 8.94 Å². The summed E-state index contributed by atoms with van der Waals surface area (Å²) in [5.41, 5.74) is 1.73. The van der Waals surface area contributed by atoms with Crippen LogP contribution in [0.15, 0.2) is 57.6 Å². The number of benzene rings is 1. The van der Waals surface area contributed by atoms with Crippen molar-refractivity contribution in [3.05, 3.63) is 60.2 Å². The Kier molecular flexibility index (Phi) is 3.72. The summed E-state index contributed by atoms with van der Waals surface area (Å²) < 4.78 is 11.2. The Labute approximate surface area is 145 Å². The monoisotopic (exact) mass is 334 g/mol. The van der Waals surface area contributed by atoms with Crippen LogP contribution >= 0.6 is 0 Å². The molecule has 3 heterocycles. The minimum absolute atomic E-state index is 0.0274. The van der Waals surface area contributed by atoms with Gasteiger partial charge in [-0.2, -0.15) is 4.98 Å². The van der Waals surface area contributed by atoms with Crippen molar-refractivity contribution >= 4 is 16.8 Å². The number of aryl methyl sites for hydroxylation is 1. The van der Waals surface area contributed by atoms with E-state index in [1.54, 1.807) is 13.1 Å². The molecule has 0 fully saturated rings. The Morgan fingerprint density at radius 1 is 1.12 bits per heavy atom. The Balaban J connectivity index is 1.64. The van der Waals surface area contributed by atoms with Gasteiger partial charge in [0.2, 0.25) is 0 Å². The van der Waals surface area contributed by atoms with Crippen molar-refractivity contribution in [2.45, 2.75) is 19.9 Å². The van der Waals surface area contributed by atoms with E-state index in [4.69, 9.17) is 8.94 Å². The lowest BCUT2D eigenvalue weighted by molar-refractivity contribution is 0.425. The maximum Gasteiger partial charge on any atom is 0.258 e. The minimum atomic E-state index is 0.0274. The molecule has 0 aliphatic heterocycles. The molecule has 0 bridgehead atoms. The highest BCUT2D eigenvalue weighted by atomic mass is 16.5. The van der Waals surface area contributed by atoms with Crippen LogP contribution < -0.4 is 4.90 Å². The molecule has 0 saturated carbocycles. The molecule has 4 aromatic rings. The summed E-state index contributed by atoms with van der Waals surface area (Å²) in [6.07, 6.45) is 1.74. The van der Waals surface area contributed by atoms with Crippen LogP contribution in [0.3, 0.4) is 0 Å². The van der Waals surface area contributed by atoms with Crippen LogP contribution in [-0.4, -0.2) is 22.2 Å². The first-order valence-corrected chi connectivity index (χ1v) is 8.10. The quantitative estimate of drug-likeness (QED) is 0.551. The highest BCUT2D eigenvalue weighted by molar-refractivity contribution is 5.78. The largest absolute Gasteiger partial charge is 0.459 e. The molecular weight excluding hydrogens is 316 g/mol. The maximum atomic E-state index is 5.98. The van der Waals surface area contributed by atoms with Gasteiger partial charge in [0.15, 0.2) is 5.82 Å². The molecule has 0 aliphatic rings. The fraction of sp³-hybridized carbons (Fsp3) is 0.211. The van der Waals surface area contributed by atoms with E-state index >= 15 is 0 Å². The second-order valence-electron chi connectivity index (χ2n) is 6.02. The summed E-state index contributed by atoms with van der Waals surface area (Å²) in [7, 11) is 1.99. The first-order chi connectivity index (χ1) is 12.1. The molecule has 1 aromatic carbocycles. The molecule has 1 unspecified atom stereocenters. The van der Waals surface area contributed by atoms with Gasteiger partial charge in [-0.3, -0.25) is 0 Å². The van der Waals surface area contributed by atoms with Crippen molar-refractivity contribution in [1.82, 2.24) is 15.1 Å². The molecule has 3 aromatic heterocycles. The van der Waals surface area contributed by atoms with Gasteiger partial charge in [-0.25, -0.2) is 4.98 Å². The molecule has 1 atom stereocenters. The van der Waals surface area contributed by atoms with Gasteiger partial charge in [-0.15, -0.1) is 0 Å². The Morgan fingerprint density at radius 3 is 2.72 bits per heavy atom. The SMILES string of the molecule is Cc1noc(-c2ccnc(N(C)C(C)c3cc4ccccc4o3)c2)n1. The van der Waals surface area contributed by atoms with Crippen LogP contribution in [-0.2, 0) is 0 Å². The van der Waals surface area contributed by atoms with Crippen LogP contribution in [0.25, 0.3) is 22.4 Å². The predicted octanol–water partition coefficient (Wildman–Crippen LogP) is 4.38. The van der Waals surface area contributed by atoms with E-state index in [2.05, 4.69) is 33.0 Å². The molecule has 6 heteroatoms. The summed E-state index contributed by atoms with van der Waals surface area (Å²) in [4.78, 5) is 10.8. The smallest absolute Gasteiger partial charge is 0.258 e. The number of para-hydroxylation sites is 1. The fourth-order valence-corrected chi connectivity index (χ4v) is 2.76. The molecule has 0 N–H and O–H groups in total. The number of anilines is 1. The average molecular weight is 334 g/mol. The molecular formula is C19H18N4O2. The van der Waals surface area contributed by atoms with E-state index in [9.17, 15) is 0 Å². The molecule has 0 amide bonds. The van der Waals surface area contributed by atoms with Crippen molar-refractivity contribution in [2.75, 3.05) is 11.9 Å². The second kappa shape index (κ2) is 6.05. The first kappa shape index (κ1) is 15.4. The maximum absolute atomic E-state index is 5.98. The number of furan rings is 1. The summed E-state index contributed by atoms with van der Waals surface area (Å²) in [5.74, 6) is 2.80. The van der Waals surface area contributed by atoms with E-state index in [0.717, 1.165) is 28.1 Å². The van der Waals surface area contributed by atoms with E-state index in [-0.39, 0.29) is 6.04 Å². The van der Waals surface area contributed by atoms with Crippen LogP contribution in [0.4, 0.5) is 5.82 Å². The zero-order valence-corrected chi connectivity index (χ0v) is 14.3. The van der Waals surface area contributed by atoms with Crippen LogP contribution in [0.1, 0.15) is 24.6 Å². The van der Waals surface area contributed by atoms with Gasteiger partial charge in [-0.05, 0) is 38.1 Å². The fourth-order valence-electron chi connectivity index (χ4n) is 2.76. The molecule has 25 heavy (non-hydrogen) atoms. The van der Waals surface area contributed by atoms with Gasteiger partial charge in [0.25, 0.3) is 5.89 Å². The molecule has 126 valence electrons. The lowest BCUT2D eigenvalue weighted by Crippen LogP contribution is -2.22. The summed E-state index contributed by atoms with van der Waals surface area (Å²) in [5, 5.41) is 4.94. The molecule has 0 spiro atoms. The zero-order valence-electron chi connectivity index (χ0n) is 14.3. The zero-order chi connectivity index (χ0) is 17.4. The first-order valence-electron chi connectivity index (χ1n) is 8.10. The summed E-state index contributed by atoms with van der Waals surface area (Å²) in [6.45, 7) is 3.88. The number of nitrogens with zero attached hydrogens (tertiary/aromatic N) is 4. The normalized spacial score (nSPS) is 12.4. The highest BCUT2D eigenvalue weighted by Gasteiger charge is 2.18. The van der Waals surface area contributed by atoms with Gasteiger partial charge in [-0.1, -0.05) is 23.4 Å². The minimum Gasteiger partial charge on any atom is -0.459 e. The summed E-state index contributed by atoms with van der Waals surface area (Å²) in [6, 6.07) is 13.9. The van der Waals surface area contributed by atoms with Crippen LogP contribution in [0.2, 0.25) is 0 Å². The van der Waals surface area contributed by atoms with Gasteiger partial charge >= 0.3 is 0 Å². The average Bonchev–Trinajstić information content (AvgIpc) is 3.26. The van der Waals surface area contributed by atoms with E-state index in [0.29, 0.717) is 11.7 Å². The molecule has 0 aliphatic carbocycles. The van der Waals surface area contributed by atoms with E-state index in [1.807, 2.05) is 43.4 Å². The van der Waals surface area contributed by atoms with Crippen molar-refractivity contribution in [2.24, 2.45) is 0 Å².